The predicted octanol–water partition coefficient (Wildman–Crippen LogP) is 2.86. The highest BCUT2D eigenvalue weighted by atomic mass is 32.2. The van der Waals surface area contributed by atoms with Crippen molar-refractivity contribution in [2.45, 2.75) is 45.6 Å². The monoisotopic (exact) mass is 380 g/mol. The Bertz CT molecular complexity index is 741. The van der Waals surface area contributed by atoms with Crippen LogP contribution in [0.2, 0.25) is 0 Å². The third-order valence-corrected chi connectivity index (χ3v) is 5.61. The van der Waals surface area contributed by atoms with Gasteiger partial charge in [-0.3, -0.25) is 9.10 Å². The van der Waals surface area contributed by atoms with Gasteiger partial charge in [-0.1, -0.05) is 11.6 Å². The first-order valence-electron chi connectivity index (χ1n) is 9.00. The maximum absolute atomic E-state index is 12.5. The fourth-order valence-corrected chi connectivity index (χ4v) is 4.25. The summed E-state index contributed by atoms with van der Waals surface area (Å²) in [5.41, 5.74) is 1.65. The fourth-order valence-electron chi connectivity index (χ4n) is 3.08. The number of carbonyl (C=O) groups excluding carboxylic acids is 1. The van der Waals surface area contributed by atoms with E-state index >= 15 is 0 Å². The van der Waals surface area contributed by atoms with Gasteiger partial charge in [0.05, 0.1) is 18.6 Å². The number of nitrogens with one attached hydrogen (secondary N) is 1. The van der Waals surface area contributed by atoms with Gasteiger partial charge in [0.15, 0.2) is 0 Å². The molecule has 0 saturated heterocycles. The van der Waals surface area contributed by atoms with Crippen LogP contribution in [0.5, 0.6) is 5.75 Å². The van der Waals surface area contributed by atoms with E-state index in [9.17, 15) is 13.2 Å². The number of nitrogens with zero attached hydrogens (tertiary/aromatic N) is 1. The van der Waals surface area contributed by atoms with Gasteiger partial charge in [-0.15, -0.1) is 0 Å². The molecule has 2 rings (SSSR count). The molecule has 26 heavy (non-hydrogen) atoms. The summed E-state index contributed by atoms with van der Waals surface area (Å²) in [4.78, 5) is 12.5. The van der Waals surface area contributed by atoms with Crippen LogP contribution >= 0.6 is 0 Å². The molecule has 0 fully saturated rings. The van der Waals surface area contributed by atoms with Crippen LogP contribution in [0.1, 0.15) is 39.5 Å². The molecule has 1 aromatic carbocycles. The lowest BCUT2D eigenvalue weighted by molar-refractivity contribution is -0.121. The van der Waals surface area contributed by atoms with E-state index < -0.39 is 16.1 Å². The maximum atomic E-state index is 12.5. The number of ether oxygens (including phenoxy) is 1. The van der Waals surface area contributed by atoms with Crippen molar-refractivity contribution < 1.29 is 17.9 Å². The van der Waals surface area contributed by atoms with E-state index in [1.165, 1.54) is 12.0 Å². The Morgan fingerprint density at radius 3 is 2.50 bits per heavy atom. The van der Waals surface area contributed by atoms with E-state index in [2.05, 4.69) is 11.4 Å². The van der Waals surface area contributed by atoms with Crippen molar-refractivity contribution in [3.8, 4) is 5.75 Å². The van der Waals surface area contributed by atoms with Crippen molar-refractivity contribution in [3.63, 3.8) is 0 Å². The zero-order valence-corrected chi connectivity index (χ0v) is 16.5. The second-order valence-electron chi connectivity index (χ2n) is 6.49. The van der Waals surface area contributed by atoms with Crippen LogP contribution in [-0.4, -0.2) is 39.8 Å². The minimum absolute atomic E-state index is 0.309. The van der Waals surface area contributed by atoms with Crippen LogP contribution in [0, 0.1) is 0 Å². The molecular formula is C19H28N2O4S. The lowest BCUT2D eigenvalue weighted by atomic mass is 10.00. The van der Waals surface area contributed by atoms with E-state index in [1.807, 2.05) is 6.92 Å². The topological polar surface area (TPSA) is 75.7 Å². The average Bonchev–Trinajstić information content (AvgIpc) is 2.61. The molecule has 0 radical (unpaired) electrons. The molecule has 144 valence electrons. The smallest absolute Gasteiger partial charge is 0.243 e. The molecule has 0 spiro atoms. The first-order valence-corrected chi connectivity index (χ1v) is 10.9. The third kappa shape index (κ3) is 5.49. The van der Waals surface area contributed by atoms with Crippen LogP contribution in [0.3, 0.4) is 0 Å². The van der Waals surface area contributed by atoms with Gasteiger partial charge in [0.25, 0.3) is 0 Å². The Kier molecular flexibility index (Phi) is 7.08. The van der Waals surface area contributed by atoms with Crippen LogP contribution in [0.15, 0.2) is 35.9 Å². The molecule has 6 nitrogen and oxygen atoms in total. The van der Waals surface area contributed by atoms with Gasteiger partial charge in [0.2, 0.25) is 15.9 Å². The first kappa shape index (κ1) is 20.3. The molecule has 1 aromatic rings. The SMILES string of the molecule is CCOc1ccc(N([C@H](C)C(=O)NCC2=CCCCC2)S(C)(=O)=O)cc1. The van der Waals surface area contributed by atoms with Crippen molar-refractivity contribution >= 4 is 21.6 Å². The quantitative estimate of drug-likeness (QED) is 0.704. The van der Waals surface area contributed by atoms with Gasteiger partial charge in [0.1, 0.15) is 11.8 Å². The van der Waals surface area contributed by atoms with E-state index in [0.29, 0.717) is 24.6 Å². The number of anilines is 1. The van der Waals surface area contributed by atoms with Crippen molar-refractivity contribution in [3.05, 3.63) is 35.9 Å². The second kappa shape index (κ2) is 9.07. The lowest BCUT2D eigenvalue weighted by Crippen LogP contribution is -2.48. The molecule has 1 atom stereocenters. The summed E-state index contributed by atoms with van der Waals surface area (Å²) in [5.74, 6) is 0.349. The molecule has 0 aliphatic heterocycles. The summed E-state index contributed by atoms with van der Waals surface area (Å²) in [5, 5.41) is 2.87. The maximum Gasteiger partial charge on any atom is 0.243 e. The minimum Gasteiger partial charge on any atom is -0.494 e. The number of hydrogen-bond acceptors (Lipinski definition) is 4. The van der Waals surface area contributed by atoms with E-state index in [1.54, 1.807) is 31.2 Å². The molecule has 0 bridgehead atoms. The molecule has 1 amide bonds. The summed E-state index contributed by atoms with van der Waals surface area (Å²) in [6.07, 6.45) is 7.63. The normalized spacial score (nSPS) is 15.7. The first-order chi connectivity index (χ1) is 12.3. The van der Waals surface area contributed by atoms with E-state index in [-0.39, 0.29) is 5.91 Å². The van der Waals surface area contributed by atoms with Gasteiger partial charge >= 0.3 is 0 Å². The number of allylic oxidation sites excluding steroid dienone is 1. The number of sulfonamides is 1. The number of benzene rings is 1. The summed E-state index contributed by atoms with van der Waals surface area (Å²) in [6, 6.07) is 5.87. The molecule has 0 heterocycles. The Balaban J connectivity index is 2.12. The average molecular weight is 381 g/mol. The second-order valence-corrected chi connectivity index (χ2v) is 8.35. The van der Waals surface area contributed by atoms with Gasteiger partial charge in [-0.2, -0.15) is 0 Å². The van der Waals surface area contributed by atoms with Crippen LogP contribution in [-0.2, 0) is 14.8 Å². The molecule has 1 aliphatic rings. The lowest BCUT2D eigenvalue weighted by Gasteiger charge is -2.28. The van der Waals surface area contributed by atoms with E-state index in [0.717, 1.165) is 29.8 Å². The third-order valence-electron chi connectivity index (χ3n) is 4.37. The van der Waals surface area contributed by atoms with Crippen molar-refractivity contribution in [1.82, 2.24) is 5.32 Å². The highest BCUT2D eigenvalue weighted by Gasteiger charge is 2.29. The summed E-state index contributed by atoms with van der Waals surface area (Å²) >= 11 is 0. The Hall–Kier alpha value is -2.02. The molecule has 1 N–H and O–H groups in total. The van der Waals surface area contributed by atoms with Crippen LogP contribution in [0.4, 0.5) is 5.69 Å². The molecule has 7 heteroatoms. The zero-order valence-electron chi connectivity index (χ0n) is 15.7. The highest BCUT2D eigenvalue weighted by molar-refractivity contribution is 7.92. The number of hydrogen-bond donors (Lipinski definition) is 1. The van der Waals surface area contributed by atoms with Gasteiger partial charge in [-0.25, -0.2) is 8.42 Å². The molecular weight excluding hydrogens is 352 g/mol. The van der Waals surface area contributed by atoms with Gasteiger partial charge in [0, 0.05) is 6.54 Å². The Labute approximate surface area is 156 Å². The zero-order chi connectivity index (χ0) is 19.2. The minimum atomic E-state index is -3.61. The highest BCUT2D eigenvalue weighted by Crippen LogP contribution is 2.24. The van der Waals surface area contributed by atoms with Crippen molar-refractivity contribution in [2.24, 2.45) is 0 Å². The van der Waals surface area contributed by atoms with Crippen molar-refractivity contribution in [1.29, 1.82) is 0 Å². The summed E-state index contributed by atoms with van der Waals surface area (Å²) < 4.78 is 31.1. The van der Waals surface area contributed by atoms with Gasteiger partial charge in [-0.05, 0) is 63.8 Å². The fraction of sp³-hybridized carbons (Fsp3) is 0.526. The summed E-state index contributed by atoms with van der Waals surface area (Å²) in [6.45, 7) is 4.49. The number of carbonyl (C=O) groups is 1. The largest absolute Gasteiger partial charge is 0.494 e. The van der Waals surface area contributed by atoms with Gasteiger partial charge < -0.3 is 10.1 Å². The van der Waals surface area contributed by atoms with E-state index in [4.69, 9.17) is 4.74 Å². The van der Waals surface area contributed by atoms with Crippen molar-refractivity contribution in [2.75, 3.05) is 23.7 Å². The predicted molar refractivity (Wildman–Crippen MR) is 104 cm³/mol. The molecule has 0 saturated carbocycles. The standard InChI is InChI=1S/C19H28N2O4S/c1-4-25-18-12-10-17(11-13-18)21(26(3,23)24)15(2)19(22)20-14-16-8-6-5-7-9-16/h8,10-13,15H,4-7,9,14H2,1-3H3,(H,20,22)/t15-/m1/s1. The number of amides is 1. The Morgan fingerprint density at radius 1 is 1.27 bits per heavy atom. The Morgan fingerprint density at radius 2 is 1.96 bits per heavy atom. The van der Waals surface area contributed by atoms with Crippen LogP contribution in [0.25, 0.3) is 0 Å². The summed E-state index contributed by atoms with van der Waals surface area (Å²) in [7, 11) is -3.61. The molecule has 0 unspecified atom stereocenters. The molecule has 1 aliphatic carbocycles. The molecule has 0 aromatic heterocycles. The van der Waals surface area contributed by atoms with Crippen LogP contribution < -0.4 is 14.4 Å². The number of rotatable bonds is 8.